The van der Waals surface area contributed by atoms with Gasteiger partial charge in [-0.05, 0) is 80.9 Å². The van der Waals surface area contributed by atoms with Crippen LogP contribution in [0.3, 0.4) is 0 Å². The van der Waals surface area contributed by atoms with Crippen molar-refractivity contribution in [3.8, 4) is 5.69 Å². The molecule has 0 atom stereocenters. The van der Waals surface area contributed by atoms with Crippen LogP contribution in [0.4, 0.5) is 13.2 Å². The van der Waals surface area contributed by atoms with Crippen LogP contribution in [0.1, 0.15) is 64.6 Å². The maximum absolute atomic E-state index is 13.4. The molecule has 0 bridgehead atoms. The minimum atomic E-state index is -1.54. The number of carbonyl (C=O) groups is 3. The molecular weight excluding hydrogens is 549 g/mol. The topological polar surface area (TPSA) is 93.5 Å². The van der Waals surface area contributed by atoms with E-state index in [0.29, 0.717) is 29.9 Å². The van der Waals surface area contributed by atoms with Gasteiger partial charge in [0.25, 0.3) is 5.91 Å². The highest BCUT2D eigenvalue weighted by atomic mass is 19.2. The molecule has 2 heterocycles. The fourth-order valence-corrected chi connectivity index (χ4v) is 5.75. The zero-order chi connectivity index (χ0) is 30.0. The average molecular weight is 581 g/mol. The number of ether oxygens (including phenoxy) is 1. The summed E-state index contributed by atoms with van der Waals surface area (Å²) in [6, 6.07) is 8.72. The number of aryl methyl sites for hydroxylation is 1. The summed E-state index contributed by atoms with van der Waals surface area (Å²) in [5, 5.41) is 7.48. The van der Waals surface area contributed by atoms with E-state index in [1.165, 1.54) is 16.8 Å². The van der Waals surface area contributed by atoms with Crippen LogP contribution in [-0.2, 0) is 9.53 Å². The summed E-state index contributed by atoms with van der Waals surface area (Å²) in [5.41, 5.74) is 1.93. The summed E-state index contributed by atoms with van der Waals surface area (Å²) in [4.78, 5) is 39.8. The lowest BCUT2D eigenvalue weighted by Gasteiger charge is -2.52. The summed E-state index contributed by atoms with van der Waals surface area (Å²) in [6.45, 7) is 4.78. The van der Waals surface area contributed by atoms with E-state index in [2.05, 4.69) is 10.4 Å². The zero-order valence-electron chi connectivity index (χ0n) is 23.3. The van der Waals surface area contributed by atoms with Crippen molar-refractivity contribution in [3.63, 3.8) is 0 Å². The van der Waals surface area contributed by atoms with Crippen LogP contribution in [0.5, 0.6) is 0 Å². The van der Waals surface area contributed by atoms with Gasteiger partial charge in [-0.15, -0.1) is 0 Å². The second-order valence-electron chi connectivity index (χ2n) is 10.9. The third kappa shape index (κ3) is 5.95. The minimum Gasteiger partial charge on any atom is -0.461 e. The second-order valence-corrected chi connectivity index (χ2v) is 10.9. The van der Waals surface area contributed by atoms with Crippen molar-refractivity contribution in [2.45, 2.75) is 45.6 Å². The molecule has 8 nitrogen and oxygen atoms in total. The number of likely N-dealkylation sites (tertiary alicyclic amines) is 1. The van der Waals surface area contributed by atoms with Crippen LogP contribution in [0.15, 0.2) is 48.7 Å². The first-order valence-corrected chi connectivity index (χ1v) is 13.8. The fourth-order valence-electron chi connectivity index (χ4n) is 5.75. The lowest BCUT2D eigenvalue weighted by Crippen LogP contribution is -2.55. The Morgan fingerprint density at radius 3 is 2.43 bits per heavy atom. The van der Waals surface area contributed by atoms with Crippen molar-refractivity contribution in [3.05, 3.63) is 88.5 Å². The molecule has 11 heteroatoms. The quantitative estimate of drug-likeness (QED) is 0.242. The van der Waals surface area contributed by atoms with E-state index in [0.717, 1.165) is 37.8 Å². The number of hydrogen-bond acceptors (Lipinski definition) is 5. The summed E-state index contributed by atoms with van der Waals surface area (Å²) in [5.74, 6) is -5.19. The van der Waals surface area contributed by atoms with Crippen LogP contribution >= 0.6 is 0 Å². The van der Waals surface area contributed by atoms with Crippen molar-refractivity contribution >= 4 is 23.9 Å². The summed E-state index contributed by atoms with van der Waals surface area (Å²) in [6.07, 6.45) is 7.34. The van der Waals surface area contributed by atoms with Gasteiger partial charge in [-0.3, -0.25) is 9.59 Å². The Labute approximate surface area is 241 Å². The van der Waals surface area contributed by atoms with Crippen molar-refractivity contribution in [1.29, 1.82) is 0 Å². The summed E-state index contributed by atoms with van der Waals surface area (Å²) >= 11 is 0. The maximum atomic E-state index is 13.4. The molecule has 0 unspecified atom stereocenters. The van der Waals surface area contributed by atoms with Crippen LogP contribution in [0.2, 0.25) is 0 Å². The maximum Gasteiger partial charge on any atom is 0.359 e. The molecule has 1 saturated carbocycles. The molecule has 2 aromatic carbocycles. The third-order valence-corrected chi connectivity index (χ3v) is 8.02. The van der Waals surface area contributed by atoms with Gasteiger partial charge in [-0.2, -0.15) is 5.10 Å². The van der Waals surface area contributed by atoms with E-state index < -0.39 is 23.4 Å². The van der Waals surface area contributed by atoms with Crippen LogP contribution in [0.25, 0.3) is 11.8 Å². The normalized spacial score (nSPS) is 16.5. The lowest BCUT2D eigenvalue weighted by molar-refractivity contribution is -0.129. The van der Waals surface area contributed by atoms with Gasteiger partial charge in [0, 0.05) is 37.0 Å². The number of esters is 1. The Morgan fingerprint density at radius 2 is 1.76 bits per heavy atom. The molecular formula is C31H31F3N4O4. The van der Waals surface area contributed by atoms with Crippen LogP contribution in [0, 0.1) is 29.8 Å². The van der Waals surface area contributed by atoms with E-state index >= 15 is 0 Å². The van der Waals surface area contributed by atoms with Crippen molar-refractivity contribution in [1.82, 2.24) is 20.0 Å². The third-order valence-electron chi connectivity index (χ3n) is 8.02. The molecule has 3 aromatic rings. The molecule has 220 valence electrons. The Kier molecular flexibility index (Phi) is 8.20. The monoisotopic (exact) mass is 580 g/mol. The predicted octanol–water partition coefficient (Wildman–Crippen LogP) is 4.99. The smallest absolute Gasteiger partial charge is 0.359 e. The molecule has 0 radical (unpaired) electrons. The largest absolute Gasteiger partial charge is 0.461 e. The summed E-state index contributed by atoms with van der Waals surface area (Å²) in [7, 11) is 0. The number of aromatic nitrogens is 2. The van der Waals surface area contributed by atoms with E-state index in [1.54, 1.807) is 49.2 Å². The Hall–Kier alpha value is -4.41. The molecule has 1 aromatic heterocycles. The van der Waals surface area contributed by atoms with Crippen molar-refractivity contribution in [2.75, 3.05) is 19.7 Å². The van der Waals surface area contributed by atoms with Gasteiger partial charge < -0.3 is 15.0 Å². The zero-order valence-corrected chi connectivity index (χ0v) is 23.3. The first kappa shape index (κ1) is 29.1. The molecule has 1 aliphatic heterocycles. The van der Waals surface area contributed by atoms with Gasteiger partial charge >= 0.3 is 5.97 Å². The highest BCUT2D eigenvalue weighted by Crippen LogP contribution is 2.49. The number of carbonyl (C=O) groups excluding carboxylic acids is 3. The number of benzene rings is 2. The van der Waals surface area contributed by atoms with Gasteiger partial charge in [-0.1, -0.05) is 12.1 Å². The predicted molar refractivity (Wildman–Crippen MR) is 148 cm³/mol. The van der Waals surface area contributed by atoms with Gasteiger partial charge in [0.1, 0.15) is 0 Å². The number of piperidine rings is 1. The number of nitrogens with zero attached hydrogens (tertiary/aromatic N) is 3. The minimum absolute atomic E-state index is 0.00887. The number of hydrogen-bond donors (Lipinski definition) is 1. The van der Waals surface area contributed by atoms with Crippen LogP contribution < -0.4 is 5.32 Å². The molecule has 2 amide bonds. The van der Waals surface area contributed by atoms with Gasteiger partial charge in [0.2, 0.25) is 5.91 Å². The highest BCUT2D eigenvalue weighted by molar-refractivity contribution is 5.98. The first-order valence-electron chi connectivity index (χ1n) is 13.8. The highest BCUT2D eigenvalue weighted by Gasteiger charge is 2.46. The average Bonchev–Trinajstić information content (AvgIpc) is 3.35. The Balaban J connectivity index is 1.15. The molecule has 1 spiro atoms. The number of para-hydroxylation sites is 1. The van der Waals surface area contributed by atoms with Gasteiger partial charge in [0.15, 0.2) is 23.1 Å². The second kappa shape index (κ2) is 11.8. The molecule has 1 aliphatic carbocycles. The molecule has 1 N–H and O–H groups in total. The van der Waals surface area contributed by atoms with Crippen molar-refractivity contribution in [2.24, 2.45) is 5.41 Å². The van der Waals surface area contributed by atoms with E-state index in [-0.39, 0.29) is 41.1 Å². The van der Waals surface area contributed by atoms with Gasteiger partial charge in [0.05, 0.1) is 17.9 Å². The fraction of sp³-hybridized carbons (Fsp3) is 0.355. The first-order chi connectivity index (χ1) is 20.1. The lowest BCUT2D eigenvalue weighted by atomic mass is 9.60. The molecule has 5 rings (SSSR count). The van der Waals surface area contributed by atoms with E-state index in [1.807, 2.05) is 0 Å². The van der Waals surface area contributed by atoms with E-state index in [4.69, 9.17) is 4.74 Å². The van der Waals surface area contributed by atoms with E-state index in [9.17, 15) is 27.6 Å². The van der Waals surface area contributed by atoms with Gasteiger partial charge in [-0.25, -0.2) is 22.6 Å². The number of nitrogens with one attached hydrogen (secondary N) is 1. The number of amides is 2. The number of rotatable bonds is 7. The summed E-state index contributed by atoms with van der Waals surface area (Å²) < 4.78 is 46.6. The number of halogens is 3. The van der Waals surface area contributed by atoms with Crippen molar-refractivity contribution < 1.29 is 32.3 Å². The molecule has 1 saturated heterocycles. The SMILES string of the molecule is CCOC(=O)c1nn(-c2ccccc2C(=O)NC2CC3(CCN(C(=O)/C=C/c4cc(F)c(F)c(F)c4)CC3)C2)cc1C. The standard InChI is InChI=1S/C31H31F3N4O4/c1-3-42-30(41)28-19(2)18-38(36-28)25-7-5-4-6-22(25)29(40)35-21-16-31(17-21)10-12-37(13-11-31)26(39)9-8-20-14-23(32)27(34)24(33)15-20/h4-9,14-15,18,21H,3,10-13,16-17H2,1-2H3,(H,35,40)/b9-8+. The molecule has 2 fully saturated rings. The molecule has 2 aliphatic rings. The Morgan fingerprint density at radius 1 is 1.10 bits per heavy atom. The molecule has 42 heavy (non-hydrogen) atoms. The van der Waals surface area contributed by atoms with Crippen LogP contribution in [-0.4, -0.2) is 58.2 Å². The Bertz CT molecular complexity index is 1530.